The number of benzene rings is 1. The minimum Gasteiger partial charge on any atom is -0.296 e. The third-order valence-electron chi connectivity index (χ3n) is 7.77. The van der Waals surface area contributed by atoms with Gasteiger partial charge in [-0.05, 0) is 37.8 Å². The summed E-state index contributed by atoms with van der Waals surface area (Å²) < 4.78 is 0. The van der Waals surface area contributed by atoms with E-state index in [2.05, 4.69) is 33.0 Å². The highest BCUT2D eigenvalue weighted by molar-refractivity contribution is 6.86. The summed E-state index contributed by atoms with van der Waals surface area (Å²) in [6.07, 6.45) is 14.9. The van der Waals surface area contributed by atoms with Crippen molar-refractivity contribution in [1.29, 1.82) is 0 Å². The van der Waals surface area contributed by atoms with Gasteiger partial charge < -0.3 is 0 Å². The first-order valence-electron chi connectivity index (χ1n) is 11.3. The zero-order valence-electron chi connectivity index (χ0n) is 16.5. The van der Waals surface area contributed by atoms with Crippen LogP contribution in [0.4, 0.5) is 11.4 Å². The number of para-hydroxylation sites is 2. The third-order valence-corrected chi connectivity index (χ3v) is 8.02. The molecular formula is C23H29ClN4. The summed E-state index contributed by atoms with van der Waals surface area (Å²) >= 11 is 6.48. The maximum atomic E-state index is 6.48. The Morgan fingerprint density at radius 2 is 1.54 bits per heavy atom. The number of nitrogens with zero attached hydrogens (tertiary/aromatic N) is 4. The molecule has 4 aliphatic heterocycles. The molecule has 1 aromatic carbocycles. The highest BCUT2D eigenvalue weighted by atomic mass is 35.5. The van der Waals surface area contributed by atoms with Gasteiger partial charge in [-0.25, -0.2) is 9.98 Å². The van der Waals surface area contributed by atoms with Crippen molar-refractivity contribution >= 4 is 34.0 Å². The second-order valence-electron chi connectivity index (χ2n) is 9.38. The summed E-state index contributed by atoms with van der Waals surface area (Å²) in [5.74, 6) is 0.888. The minimum absolute atomic E-state index is 0.0918. The molecule has 0 amide bonds. The number of rotatable bonds is 1. The van der Waals surface area contributed by atoms with E-state index < -0.39 is 0 Å². The molecule has 1 saturated carbocycles. The van der Waals surface area contributed by atoms with E-state index in [1.807, 2.05) is 6.07 Å². The predicted molar refractivity (Wildman–Crippen MR) is 116 cm³/mol. The molecule has 1 unspecified atom stereocenters. The van der Waals surface area contributed by atoms with Crippen LogP contribution in [0.15, 0.2) is 34.3 Å². The predicted octanol–water partition coefficient (Wildman–Crippen LogP) is 5.62. The van der Waals surface area contributed by atoms with Crippen LogP contribution in [0.2, 0.25) is 0 Å². The first kappa shape index (κ1) is 17.5. The maximum absolute atomic E-state index is 6.48. The Bertz CT molecular complexity index is 825. The van der Waals surface area contributed by atoms with E-state index in [9.17, 15) is 0 Å². The van der Waals surface area contributed by atoms with E-state index >= 15 is 0 Å². The third kappa shape index (κ3) is 2.53. The summed E-state index contributed by atoms with van der Waals surface area (Å²) in [5, 5.41) is 0.555. The van der Waals surface area contributed by atoms with Gasteiger partial charge in [0.05, 0.1) is 11.4 Å². The first-order chi connectivity index (χ1) is 13.8. The molecule has 0 aromatic heterocycles. The van der Waals surface area contributed by atoms with Crippen LogP contribution in [0.3, 0.4) is 0 Å². The number of aliphatic imine (C=N–C) groups is 2. The van der Waals surface area contributed by atoms with Gasteiger partial charge in [0.1, 0.15) is 5.66 Å². The number of fused-ring (bicyclic) bond motifs is 6. The van der Waals surface area contributed by atoms with Gasteiger partial charge in [0.15, 0.2) is 11.0 Å². The largest absolute Gasteiger partial charge is 0.296 e. The molecule has 148 valence electrons. The first-order valence-corrected chi connectivity index (χ1v) is 11.6. The molecule has 1 aromatic rings. The fourth-order valence-electron chi connectivity index (χ4n) is 6.67. The summed E-state index contributed by atoms with van der Waals surface area (Å²) in [6, 6.07) is 10.6. The monoisotopic (exact) mass is 396 g/mol. The molecule has 28 heavy (non-hydrogen) atoms. The average Bonchev–Trinajstić information content (AvgIpc) is 2.91. The zero-order valence-corrected chi connectivity index (χ0v) is 17.2. The molecule has 2 saturated heterocycles. The molecule has 3 fully saturated rings. The van der Waals surface area contributed by atoms with Crippen molar-refractivity contribution in [3.05, 3.63) is 24.3 Å². The van der Waals surface area contributed by atoms with E-state index in [0.717, 1.165) is 30.4 Å². The molecule has 6 rings (SSSR count). The lowest BCUT2D eigenvalue weighted by Gasteiger charge is -2.57. The molecule has 0 radical (unpaired) electrons. The fraction of sp³-hybridized carbons (Fsp3) is 0.652. The normalized spacial score (nSPS) is 35.4. The molecule has 4 nitrogen and oxygen atoms in total. The molecular weight excluding hydrogens is 368 g/mol. The number of hydrogen-bond donors (Lipinski definition) is 0. The molecule has 1 aliphatic carbocycles. The second-order valence-corrected chi connectivity index (χ2v) is 9.74. The quantitative estimate of drug-likeness (QED) is 0.616. The van der Waals surface area contributed by atoms with E-state index in [4.69, 9.17) is 16.6 Å². The minimum atomic E-state index is -0.0918. The average molecular weight is 397 g/mol. The maximum Gasteiger partial charge on any atom is 0.172 e. The van der Waals surface area contributed by atoms with Gasteiger partial charge in [0.2, 0.25) is 0 Å². The molecule has 4 heterocycles. The van der Waals surface area contributed by atoms with Crippen LogP contribution in [0.5, 0.6) is 0 Å². The lowest BCUT2D eigenvalue weighted by molar-refractivity contribution is 0.0350. The highest BCUT2D eigenvalue weighted by Gasteiger charge is 2.59. The SMILES string of the molecule is ClC1=Nc2ccccc2N2C1=NC21C[C@H]2CC[C@@H](C1)N2C1CCCCCCC1. The summed E-state index contributed by atoms with van der Waals surface area (Å²) in [5.41, 5.74) is 2.09. The number of piperidine rings is 1. The van der Waals surface area contributed by atoms with Crippen LogP contribution in [-0.4, -0.2) is 39.7 Å². The van der Waals surface area contributed by atoms with Crippen LogP contribution in [0.25, 0.3) is 0 Å². The van der Waals surface area contributed by atoms with Crippen molar-refractivity contribution in [2.24, 2.45) is 9.98 Å². The Balaban J connectivity index is 1.30. The van der Waals surface area contributed by atoms with Crippen LogP contribution < -0.4 is 4.90 Å². The van der Waals surface area contributed by atoms with Gasteiger partial charge in [-0.15, -0.1) is 0 Å². The number of halogens is 1. The summed E-state index contributed by atoms with van der Waals surface area (Å²) in [7, 11) is 0. The Hall–Kier alpha value is -1.39. The molecule has 3 atom stereocenters. The second kappa shape index (κ2) is 6.56. The van der Waals surface area contributed by atoms with Gasteiger partial charge >= 0.3 is 0 Å². The van der Waals surface area contributed by atoms with E-state index in [-0.39, 0.29) is 5.66 Å². The van der Waals surface area contributed by atoms with Crippen molar-refractivity contribution < 1.29 is 0 Å². The standard InChI is InChI=1S/C23H29ClN4/c24-21-22-26-23(28(22)20-11-7-6-10-19(20)25-21)14-17-12-13-18(15-23)27(17)16-8-4-2-1-3-5-9-16/h6-7,10-11,16-18H,1-5,8-9,12-15H2/t17-,18+,23?. The van der Waals surface area contributed by atoms with Crippen LogP contribution in [0.1, 0.15) is 70.6 Å². The van der Waals surface area contributed by atoms with Gasteiger partial charge in [0, 0.05) is 31.0 Å². The van der Waals surface area contributed by atoms with Crippen molar-refractivity contribution in [2.45, 2.75) is 94.4 Å². The smallest absolute Gasteiger partial charge is 0.172 e. The van der Waals surface area contributed by atoms with Crippen molar-refractivity contribution in [3.8, 4) is 0 Å². The Morgan fingerprint density at radius 3 is 2.29 bits per heavy atom. The van der Waals surface area contributed by atoms with Gasteiger partial charge in [-0.1, -0.05) is 55.8 Å². The van der Waals surface area contributed by atoms with Crippen molar-refractivity contribution in [1.82, 2.24) is 4.90 Å². The lowest BCUT2D eigenvalue weighted by atomic mass is 9.83. The fourth-order valence-corrected chi connectivity index (χ4v) is 6.88. The molecule has 2 bridgehead atoms. The van der Waals surface area contributed by atoms with Gasteiger partial charge in [0.25, 0.3) is 0 Å². The Morgan fingerprint density at radius 1 is 0.857 bits per heavy atom. The van der Waals surface area contributed by atoms with E-state index in [1.54, 1.807) is 0 Å². The van der Waals surface area contributed by atoms with E-state index in [1.165, 1.54) is 63.5 Å². The number of anilines is 1. The Kier molecular flexibility index (Phi) is 4.09. The number of amidine groups is 1. The van der Waals surface area contributed by atoms with Crippen LogP contribution in [0, 0.1) is 0 Å². The van der Waals surface area contributed by atoms with Gasteiger partial charge in [-0.3, -0.25) is 9.80 Å². The summed E-state index contributed by atoms with van der Waals surface area (Å²) in [4.78, 5) is 15.1. The van der Waals surface area contributed by atoms with Crippen LogP contribution in [-0.2, 0) is 0 Å². The molecule has 5 heteroatoms. The highest BCUT2D eigenvalue weighted by Crippen LogP contribution is 2.53. The van der Waals surface area contributed by atoms with Crippen molar-refractivity contribution in [2.75, 3.05) is 4.90 Å². The summed E-state index contributed by atoms with van der Waals surface area (Å²) in [6.45, 7) is 0. The van der Waals surface area contributed by atoms with Crippen molar-refractivity contribution in [3.63, 3.8) is 0 Å². The topological polar surface area (TPSA) is 31.2 Å². The molecule has 0 N–H and O–H groups in total. The number of hydrogen-bond acceptors (Lipinski definition) is 4. The lowest BCUT2D eigenvalue weighted by Crippen LogP contribution is -2.68. The van der Waals surface area contributed by atoms with Gasteiger partial charge in [-0.2, -0.15) is 0 Å². The zero-order chi connectivity index (χ0) is 18.7. The van der Waals surface area contributed by atoms with E-state index in [0.29, 0.717) is 17.3 Å². The Labute approximate surface area is 172 Å². The molecule has 1 spiro atoms. The molecule has 5 aliphatic rings. The van der Waals surface area contributed by atoms with Crippen LogP contribution >= 0.6 is 11.6 Å².